The maximum Gasteiger partial charge on any atom is 0.328 e. The van der Waals surface area contributed by atoms with Gasteiger partial charge in [-0.2, -0.15) is 0 Å². The van der Waals surface area contributed by atoms with Gasteiger partial charge in [0.2, 0.25) is 0 Å². The molecule has 1 aliphatic carbocycles. The van der Waals surface area contributed by atoms with E-state index < -0.39 is 17.8 Å². The quantitative estimate of drug-likeness (QED) is 0.213. The Bertz CT molecular complexity index is 1420. The molecule has 5 rings (SSSR count). The molecule has 3 heterocycles. The molecule has 0 spiro atoms. The van der Waals surface area contributed by atoms with E-state index in [9.17, 15) is 19.5 Å². The number of nitrogens with one attached hydrogen (secondary N) is 2. The summed E-state index contributed by atoms with van der Waals surface area (Å²) in [5, 5.41) is 32.1. The maximum absolute atomic E-state index is 12.1. The Morgan fingerprint density at radius 3 is 2.09 bits per heavy atom. The van der Waals surface area contributed by atoms with Gasteiger partial charge in [0.1, 0.15) is 0 Å². The Kier molecular flexibility index (Phi) is 12.8. The summed E-state index contributed by atoms with van der Waals surface area (Å²) in [5.41, 5.74) is 8.79. The lowest BCUT2D eigenvalue weighted by Gasteiger charge is -2.43. The summed E-state index contributed by atoms with van der Waals surface area (Å²) in [6, 6.07) is 7.01. The molecular weight excluding hydrogens is 628 g/mol. The number of likely N-dealkylation sites (N-methyl/N-ethyl adjacent to an activating group) is 1. The molecule has 0 atom stereocenters. The smallest absolute Gasteiger partial charge is 0.328 e. The standard InChI is InChI=1S/C28H41ClN8O2.C4H4O4/c1-18-17-20(5-8-23(18)37-11-9-21(10-12-37)36-15-13-35(2)14-16-36)32-27-24(26(30)39)33-25(29)28(34-27)31-19-3-6-22(38)7-4-19;5-3(6)1-2-4(7)8/h5,8,17,19,21-22,38H,3-4,6-7,9-16H2,1-2H3,(H2,30,39)(H2,31,32,34);1-2H,(H,5,6)(H,7,8)/b;2-1+. The number of carboxylic acid groups (broad SMARTS) is 2. The zero-order valence-electron chi connectivity index (χ0n) is 26.9. The average molecular weight is 673 g/mol. The predicted molar refractivity (Wildman–Crippen MR) is 181 cm³/mol. The van der Waals surface area contributed by atoms with Gasteiger partial charge in [0.05, 0.1) is 6.10 Å². The number of aliphatic hydroxyl groups is 1. The Morgan fingerprint density at radius 1 is 0.915 bits per heavy atom. The second kappa shape index (κ2) is 16.7. The van der Waals surface area contributed by atoms with E-state index in [0.29, 0.717) is 24.0 Å². The number of piperazine rings is 1. The second-order valence-corrected chi connectivity index (χ2v) is 12.6. The van der Waals surface area contributed by atoms with Crippen molar-refractivity contribution in [1.82, 2.24) is 19.8 Å². The van der Waals surface area contributed by atoms with Gasteiger partial charge in [-0.3, -0.25) is 9.69 Å². The van der Waals surface area contributed by atoms with Crippen molar-refractivity contribution in [2.75, 3.05) is 61.8 Å². The van der Waals surface area contributed by atoms with E-state index >= 15 is 0 Å². The lowest BCUT2D eigenvalue weighted by molar-refractivity contribution is -0.134. The van der Waals surface area contributed by atoms with Gasteiger partial charge in [-0.15, -0.1) is 0 Å². The molecule has 47 heavy (non-hydrogen) atoms. The molecule has 0 radical (unpaired) electrons. The minimum Gasteiger partial charge on any atom is -0.478 e. The molecule has 256 valence electrons. The molecule has 3 aliphatic rings. The molecule has 0 bridgehead atoms. The lowest BCUT2D eigenvalue weighted by Crippen LogP contribution is -2.52. The predicted octanol–water partition coefficient (Wildman–Crippen LogP) is 2.92. The maximum atomic E-state index is 12.1. The number of aromatic nitrogens is 2. The number of hydrogen-bond acceptors (Lipinski definition) is 11. The first-order chi connectivity index (χ1) is 22.4. The van der Waals surface area contributed by atoms with Gasteiger partial charge in [0.15, 0.2) is 22.5 Å². The number of hydrogen-bond donors (Lipinski definition) is 6. The van der Waals surface area contributed by atoms with Crippen LogP contribution in [-0.2, 0) is 9.59 Å². The number of nitrogens with zero attached hydrogens (tertiary/aromatic N) is 5. The van der Waals surface area contributed by atoms with Crippen LogP contribution in [0.4, 0.5) is 23.0 Å². The Balaban J connectivity index is 0.000000555. The van der Waals surface area contributed by atoms with E-state index in [1.54, 1.807) is 0 Å². The highest BCUT2D eigenvalue weighted by atomic mass is 35.5. The minimum absolute atomic E-state index is 0.00248. The summed E-state index contributed by atoms with van der Waals surface area (Å²) >= 11 is 6.36. The Morgan fingerprint density at radius 2 is 1.53 bits per heavy atom. The van der Waals surface area contributed by atoms with Gasteiger partial charge in [0.25, 0.3) is 5.91 Å². The third kappa shape index (κ3) is 10.5. The fraction of sp³-hybridized carbons (Fsp3) is 0.531. The average Bonchev–Trinajstić information content (AvgIpc) is 3.03. The number of anilines is 4. The van der Waals surface area contributed by atoms with Crippen LogP contribution >= 0.6 is 11.6 Å². The van der Waals surface area contributed by atoms with Crippen LogP contribution in [0.5, 0.6) is 0 Å². The van der Waals surface area contributed by atoms with Crippen molar-refractivity contribution >= 4 is 52.5 Å². The molecule has 1 amide bonds. The van der Waals surface area contributed by atoms with E-state index in [0.717, 1.165) is 63.1 Å². The number of benzene rings is 1. The van der Waals surface area contributed by atoms with Crippen molar-refractivity contribution in [1.29, 1.82) is 0 Å². The number of primary amides is 1. The fourth-order valence-electron chi connectivity index (χ4n) is 6.21. The van der Waals surface area contributed by atoms with Crippen molar-refractivity contribution in [3.8, 4) is 0 Å². The number of piperidine rings is 1. The molecule has 3 fully saturated rings. The van der Waals surface area contributed by atoms with Crippen LogP contribution < -0.4 is 21.3 Å². The second-order valence-electron chi connectivity index (χ2n) is 12.3. The molecule has 14 nitrogen and oxygen atoms in total. The van der Waals surface area contributed by atoms with Crippen molar-refractivity contribution < 1.29 is 29.7 Å². The number of carbonyl (C=O) groups excluding carboxylic acids is 1. The van der Waals surface area contributed by atoms with E-state index in [1.165, 1.54) is 31.6 Å². The molecule has 0 unspecified atom stereocenters. The zero-order valence-corrected chi connectivity index (χ0v) is 27.6. The summed E-state index contributed by atoms with van der Waals surface area (Å²) in [7, 11) is 2.20. The van der Waals surface area contributed by atoms with E-state index in [2.05, 4.69) is 61.4 Å². The van der Waals surface area contributed by atoms with E-state index in [1.807, 2.05) is 6.07 Å². The largest absolute Gasteiger partial charge is 0.478 e. The lowest BCUT2D eigenvalue weighted by atomic mass is 9.93. The van der Waals surface area contributed by atoms with Crippen molar-refractivity contribution in [3.63, 3.8) is 0 Å². The Hall–Kier alpha value is -3.98. The zero-order chi connectivity index (χ0) is 34.1. The highest BCUT2D eigenvalue weighted by molar-refractivity contribution is 6.32. The Labute approximate surface area is 279 Å². The molecule has 15 heteroatoms. The molecule has 1 aromatic carbocycles. The number of nitrogens with two attached hydrogens (primary N) is 1. The molecule has 2 aromatic rings. The van der Waals surface area contributed by atoms with Crippen LogP contribution in [0.1, 0.15) is 54.6 Å². The van der Waals surface area contributed by atoms with Gasteiger partial charge in [0, 0.05) is 74.9 Å². The first-order valence-electron chi connectivity index (χ1n) is 15.9. The number of carbonyl (C=O) groups is 3. The number of halogens is 1. The number of amides is 1. The van der Waals surface area contributed by atoms with Crippen LogP contribution in [0, 0.1) is 6.92 Å². The van der Waals surface area contributed by atoms with Gasteiger partial charge in [-0.1, -0.05) is 11.6 Å². The highest BCUT2D eigenvalue weighted by Crippen LogP contribution is 2.31. The summed E-state index contributed by atoms with van der Waals surface area (Å²) in [6.45, 7) is 8.86. The SMILES string of the molecule is Cc1cc(Nc2nc(NC3CCC(O)CC3)c(Cl)nc2C(N)=O)ccc1N1CCC(N2CCN(C)CC2)CC1.O=C(O)/C=C/C(=O)O. The summed E-state index contributed by atoms with van der Waals surface area (Å²) < 4.78 is 0. The first-order valence-corrected chi connectivity index (χ1v) is 16.3. The molecule has 2 aliphatic heterocycles. The number of aliphatic hydroxyl groups excluding tert-OH is 1. The first kappa shape index (κ1) is 35.9. The summed E-state index contributed by atoms with van der Waals surface area (Å²) in [5.74, 6) is -2.54. The monoisotopic (exact) mass is 672 g/mol. The van der Waals surface area contributed by atoms with Gasteiger partial charge in [-0.05, 0) is 76.3 Å². The van der Waals surface area contributed by atoms with Crippen LogP contribution in [0.2, 0.25) is 5.15 Å². The summed E-state index contributed by atoms with van der Waals surface area (Å²) in [6.07, 6.45) is 6.30. The van der Waals surface area contributed by atoms with Crippen LogP contribution in [0.15, 0.2) is 30.4 Å². The van der Waals surface area contributed by atoms with E-state index in [4.69, 9.17) is 27.5 Å². The molecular formula is C32H45ClN8O6. The highest BCUT2D eigenvalue weighted by Gasteiger charge is 2.27. The van der Waals surface area contributed by atoms with E-state index in [-0.39, 0.29) is 28.8 Å². The van der Waals surface area contributed by atoms with Crippen LogP contribution in [0.3, 0.4) is 0 Å². The molecule has 1 aromatic heterocycles. The number of carboxylic acids is 2. The summed E-state index contributed by atoms with van der Waals surface area (Å²) in [4.78, 5) is 47.7. The third-order valence-electron chi connectivity index (χ3n) is 8.81. The van der Waals surface area contributed by atoms with Gasteiger partial charge >= 0.3 is 11.9 Å². The minimum atomic E-state index is -1.26. The van der Waals surface area contributed by atoms with Crippen molar-refractivity contribution in [2.24, 2.45) is 5.73 Å². The number of rotatable bonds is 9. The van der Waals surface area contributed by atoms with Crippen molar-refractivity contribution in [2.45, 2.75) is 63.6 Å². The topological polar surface area (TPSA) is 197 Å². The third-order valence-corrected chi connectivity index (χ3v) is 9.08. The number of aryl methyl sites for hydroxylation is 1. The van der Waals surface area contributed by atoms with Gasteiger partial charge in [-0.25, -0.2) is 19.6 Å². The van der Waals surface area contributed by atoms with Crippen LogP contribution in [0.25, 0.3) is 0 Å². The normalized spacial score (nSPS) is 21.1. The van der Waals surface area contributed by atoms with Gasteiger partial charge < -0.3 is 41.5 Å². The molecule has 2 saturated heterocycles. The fourth-order valence-corrected chi connectivity index (χ4v) is 6.39. The number of aliphatic carboxylic acids is 2. The van der Waals surface area contributed by atoms with Crippen molar-refractivity contribution in [3.05, 3.63) is 46.8 Å². The van der Waals surface area contributed by atoms with Crippen LogP contribution in [-0.4, -0.2) is 117 Å². The molecule has 1 saturated carbocycles. The molecule has 7 N–H and O–H groups in total.